The van der Waals surface area contributed by atoms with E-state index in [4.69, 9.17) is 11.0 Å². The second-order valence-electron chi connectivity index (χ2n) is 4.76. The molecule has 21 heavy (non-hydrogen) atoms. The number of benzene rings is 1. The molecule has 0 aliphatic carbocycles. The quantitative estimate of drug-likeness (QED) is 0.841. The molecule has 6 nitrogen and oxygen atoms in total. The van der Waals surface area contributed by atoms with Gasteiger partial charge in [0.05, 0.1) is 0 Å². The lowest BCUT2D eigenvalue weighted by Gasteiger charge is -2.15. The van der Waals surface area contributed by atoms with Crippen molar-refractivity contribution in [2.45, 2.75) is 18.0 Å². The van der Waals surface area contributed by atoms with Gasteiger partial charge in [0, 0.05) is 25.0 Å². The molecule has 7 heteroatoms. The van der Waals surface area contributed by atoms with Crippen LogP contribution in [-0.4, -0.2) is 17.7 Å². The molecule has 0 atom stereocenters. The van der Waals surface area contributed by atoms with E-state index in [1.54, 1.807) is 12.1 Å². The number of hydrogen-bond donors (Lipinski definition) is 1. The van der Waals surface area contributed by atoms with Gasteiger partial charge in [-0.1, -0.05) is 6.07 Å². The van der Waals surface area contributed by atoms with Crippen LogP contribution in [0.5, 0.6) is 0 Å². The fraction of sp³-hybridized carbons (Fsp3) is 0.143. The molecule has 1 aromatic carbocycles. The highest BCUT2D eigenvalue weighted by Crippen LogP contribution is 2.30. The Morgan fingerprint density at radius 1 is 1.24 bits per heavy atom. The number of anilines is 1. The highest BCUT2D eigenvalue weighted by atomic mass is 32.2. The number of nitriles is 1. The highest BCUT2D eigenvalue weighted by Gasteiger charge is 2.32. The van der Waals surface area contributed by atoms with Crippen LogP contribution in [0.4, 0.5) is 5.69 Å². The number of rotatable bonds is 2. The number of aromatic nitrogens is 1. The molecular formula is C14H12N4O2S. The largest absolute Gasteiger partial charge is 0.399 e. The summed E-state index contributed by atoms with van der Waals surface area (Å²) in [4.78, 5) is 3.75. The molecule has 1 aliphatic rings. The average molecular weight is 300 g/mol. The van der Waals surface area contributed by atoms with Gasteiger partial charge in [0.25, 0.3) is 0 Å². The van der Waals surface area contributed by atoms with Crippen LogP contribution in [0.3, 0.4) is 0 Å². The normalized spacial score (nSPS) is 14.6. The number of pyridine rings is 1. The van der Waals surface area contributed by atoms with Crippen LogP contribution in [0, 0.1) is 11.3 Å². The van der Waals surface area contributed by atoms with Gasteiger partial charge < -0.3 is 5.73 Å². The van der Waals surface area contributed by atoms with Gasteiger partial charge in [0.1, 0.15) is 11.0 Å². The van der Waals surface area contributed by atoms with Crippen LogP contribution in [0.2, 0.25) is 0 Å². The summed E-state index contributed by atoms with van der Waals surface area (Å²) in [6, 6.07) is 10.1. The van der Waals surface area contributed by atoms with E-state index in [9.17, 15) is 8.42 Å². The van der Waals surface area contributed by atoms with Gasteiger partial charge >= 0.3 is 0 Å². The van der Waals surface area contributed by atoms with Crippen LogP contribution in [-0.2, 0) is 23.1 Å². The minimum Gasteiger partial charge on any atom is -0.399 e. The zero-order valence-corrected chi connectivity index (χ0v) is 11.8. The maximum atomic E-state index is 12.7. The van der Waals surface area contributed by atoms with Crippen molar-refractivity contribution in [2.75, 3.05) is 5.73 Å². The number of nitrogens with two attached hydrogens (primary N) is 1. The Bertz CT molecular complexity index is 856. The highest BCUT2D eigenvalue weighted by molar-refractivity contribution is 7.89. The molecule has 0 radical (unpaired) electrons. The van der Waals surface area contributed by atoms with Crippen molar-refractivity contribution in [3.8, 4) is 6.07 Å². The van der Waals surface area contributed by atoms with E-state index in [1.807, 2.05) is 12.1 Å². The van der Waals surface area contributed by atoms with Crippen LogP contribution in [0.15, 0.2) is 41.4 Å². The van der Waals surface area contributed by atoms with Gasteiger partial charge in [-0.2, -0.15) is 9.57 Å². The summed E-state index contributed by atoms with van der Waals surface area (Å²) in [6.45, 7) is 0.528. The molecule has 0 unspecified atom stereocenters. The van der Waals surface area contributed by atoms with E-state index < -0.39 is 10.0 Å². The maximum Gasteiger partial charge on any atom is 0.246 e. The van der Waals surface area contributed by atoms with Crippen molar-refractivity contribution < 1.29 is 8.42 Å². The molecule has 2 N–H and O–H groups in total. The van der Waals surface area contributed by atoms with E-state index >= 15 is 0 Å². The van der Waals surface area contributed by atoms with E-state index in [-0.39, 0.29) is 23.7 Å². The van der Waals surface area contributed by atoms with Crippen molar-refractivity contribution in [3.63, 3.8) is 0 Å². The molecule has 1 aromatic heterocycles. The summed E-state index contributed by atoms with van der Waals surface area (Å²) in [5, 5.41) is 9.02. The summed E-state index contributed by atoms with van der Waals surface area (Å²) < 4.78 is 26.7. The first-order valence-electron chi connectivity index (χ1n) is 6.25. The zero-order chi connectivity index (χ0) is 15.0. The average Bonchev–Trinajstić information content (AvgIpc) is 2.91. The minimum atomic E-state index is -3.75. The summed E-state index contributed by atoms with van der Waals surface area (Å²) in [5.41, 5.74) is 8.05. The van der Waals surface area contributed by atoms with Gasteiger partial charge in [-0.05, 0) is 35.4 Å². The van der Waals surface area contributed by atoms with Crippen molar-refractivity contribution in [3.05, 3.63) is 53.3 Å². The molecule has 0 bridgehead atoms. The van der Waals surface area contributed by atoms with Gasteiger partial charge in [-0.3, -0.25) is 0 Å². The monoisotopic (exact) mass is 300 g/mol. The molecule has 0 saturated heterocycles. The fourth-order valence-electron chi connectivity index (χ4n) is 2.37. The molecule has 0 saturated carbocycles. The molecule has 2 aromatic rings. The summed E-state index contributed by atoms with van der Waals surface area (Å²) in [6.07, 6.45) is 1.40. The third-order valence-electron chi connectivity index (χ3n) is 3.42. The van der Waals surface area contributed by atoms with Gasteiger partial charge in [0.2, 0.25) is 10.0 Å². The summed E-state index contributed by atoms with van der Waals surface area (Å²) >= 11 is 0. The molecule has 0 amide bonds. The SMILES string of the molecule is N#Cc1ncccc1S(=O)(=O)N1Cc2ccc(N)cc2C1. The van der Waals surface area contributed by atoms with Crippen LogP contribution in [0.25, 0.3) is 0 Å². The lowest BCUT2D eigenvalue weighted by molar-refractivity contribution is 0.431. The second-order valence-corrected chi connectivity index (χ2v) is 6.67. The summed E-state index contributed by atoms with van der Waals surface area (Å²) in [7, 11) is -3.75. The van der Waals surface area contributed by atoms with Crippen LogP contribution >= 0.6 is 0 Å². The van der Waals surface area contributed by atoms with Crippen molar-refractivity contribution >= 4 is 15.7 Å². The Kier molecular flexibility index (Phi) is 3.12. The van der Waals surface area contributed by atoms with Crippen molar-refractivity contribution in [2.24, 2.45) is 0 Å². The Hall–Kier alpha value is -2.43. The Labute approximate surface area is 122 Å². The molecule has 106 valence electrons. The van der Waals surface area contributed by atoms with Crippen molar-refractivity contribution in [1.29, 1.82) is 5.26 Å². The van der Waals surface area contributed by atoms with Gasteiger partial charge in [-0.15, -0.1) is 0 Å². The number of sulfonamides is 1. The standard InChI is InChI=1S/C14H12N4O2S/c15-7-13-14(2-1-5-17-13)21(19,20)18-8-10-3-4-12(16)6-11(10)9-18/h1-6H,8-9,16H2. The molecular weight excluding hydrogens is 288 g/mol. The fourth-order valence-corrected chi connectivity index (χ4v) is 3.86. The lowest BCUT2D eigenvalue weighted by Crippen LogP contribution is -2.26. The first-order chi connectivity index (χ1) is 10.0. The smallest absolute Gasteiger partial charge is 0.246 e. The number of fused-ring (bicyclic) bond motifs is 1. The summed E-state index contributed by atoms with van der Waals surface area (Å²) in [5.74, 6) is 0. The van der Waals surface area contributed by atoms with Crippen LogP contribution in [0.1, 0.15) is 16.8 Å². The van der Waals surface area contributed by atoms with E-state index in [1.165, 1.54) is 22.6 Å². The van der Waals surface area contributed by atoms with Gasteiger partial charge in [-0.25, -0.2) is 13.4 Å². The molecule has 1 aliphatic heterocycles. The Balaban J connectivity index is 2.01. The minimum absolute atomic E-state index is 0.0618. The number of nitrogen functional groups attached to an aromatic ring is 1. The topological polar surface area (TPSA) is 100 Å². The first-order valence-corrected chi connectivity index (χ1v) is 7.69. The van der Waals surface area contributed by atoms with E-state index in [2.05, 4.69) is 4.98 Å². The molecule has 2 heterocycles. The number of hydrogen-bond acceptors (Lipinski definition) is 5. The molecule has 0 spiro atoms. The molecule has 3 rings (SSSR count). The van der Waals surface area contributed by atoms with Crippen LogP contribution < -0.4 is 5.73 Å². The Morgan fingerprint density at radius 3 is 2.76 bits per heavy atom. The first kappa shape index (κ1) is 13.5. The number of nitrogens with zero attached hydrogens (tertiary/aromatic N) is 3. The maximum absolute atomic E-state index is 12.7. The predicted molar refractivity (Wildman–Crippen MR) is 76.2 cm³/mol. The second kappa shape index (κ2) is 4.84. The van der Waals surface area contributed by atoms with Gasteiger partial charge in [0.15, 0.2) is 5.69 Å². The van der Waals surface area contributed by atoms with E-state index in [0.717, 1.165) is 11.1 Å². The third-order valence-corrected chi connectivity index (χ3v) is 5.24. The van der Waals surface area contributed by atoms with E-state index in [0.29, 0.717) is 5.69 Å². The lowest BCUT2D eigenvalue weighted by atomic mass is 10.1. The molecule has 0 fully saturated rings. The predicted octanol–water partition coefficient (Wildman–Crippen LogP) is 1.24. The Morgan fingerprint density at radius 2 is 2.00 bits per heavy atom. The zero-order valence-electron chi connectivity index (χ0n) is 11.0. The third kappa shape index (κ3) is 2.24. The van der Waals surface area contributed by atoms with Crippen molar-refractivity contribution in [1.82, 2.24) is 9.29 Å².